The van der Waals surface area contributed by atoms with Crippen molar-refractivity contribution in [1.29, 1.82) is 0 Å². The first-order chi connectivity index (χ1) is 13.7. The van der Waals surface area contributed by atoms with Gasteiger partial charge in [0.05, 0.1) is 6.04 Å². The molecule has 6 nitrogen and oxygen atoms in total. The molecule has 0 saturated heterocycles. The molecule has 0 saturated carbocycles. The monoisotopic (exact) mass is 394 g/mol. The standard InChI is InChI=1S/C23H30N4O2/c1-6-27(17(4)28)16(3)18-10-8-12-20(14-18)23(19-11-7-9-15(2)13-19)21(29)26(5)22(24)25-23/h7-8,10-16H,6,9H2,1-5H3,(H2,24,25). The number of hydrogen-bond acceptors (Lipinski definition) is 4. The Hall–Kier alpha value is -2.89. The lowest BCUT2D eigenvalue weighted by Crippen LogP contribution is -2.41. The minimum Gasteiger partial charge on any atom is -0.369 e. The molecule has 3 rings (SSSR count). The van der Waals surface area contributed by atoms with Crippen molar-refractivity contribution in [2.45, 2.75) is 45.7 Å². The Morgan fingerprint density at radius 3 is 2.72 bits per heavy atom. The number of aliphatic imine (C=N–C) groups is 1. The van der Waals surface area contributed by atoms with Gasteiger partial charge in [0.15, 0.2) is 11.5 Å². The maximum atomic E-state index is 13.4. The molecule has 1 aliphatic heterocycles. The van der Waals surface area contributed by atoms with Crippen molar-refractivity contribution < 1.29 is 9.59 Å². The van der Waals surface area contributed by atoms with Crippen LogP contribution in [0.5, 0.6) is 0 Å². The lowest BCUT2D eigenvalue weighted by molar-refractivity contribution is -0.131. The lowest BCUT2D eigenvalue weighted by atomic mass is 9.78. The molecular weight excluding hydrogens is 364 g/mol. The van der Waals surface area contributed by atoms with Gasteiger partial charge in [0.2, 0.25) is 5.91 Å². The number of amides is 2. The fraction of sp³-hybridized carbons (Fsp3) is 0.435. The van der Waals surface area contributed by atoms with Gasteiger partial charge in [-0.05, 0) is 42.9 Å². The summed E-state index contributed by atoms with van der Waals surface area (Å²) in [6.07, 6.45) is 7.11. The largest absolute Gasteiger partial charge is 0.369 e. The number of nitrogens with two attached hydrogens (primary N) is 1. The van der Waals surface area contributed by atoms with Gasteiger partial charge in [-0.2, -0.15) is 0 Å². The van der Waals surface area contributed by atoms with Crippen LogP contribution in [-0.4, -0.2) is 41.2 Å². The highest BCUT2D eigenvalue weighted by Crippen LogP contribution is 2.42. The SMILES string of the molecule is CCN(C(C)=O)C(C)c1cccc(C2(C3=CC(C)CC=C3)N=C(N)N(C)C2=O)c1. The Labute approximate surface area is 172 Å². The Morgan fingerprint density at radius 2 is 2.17 bits per heavy atom. The predicted octanol–water partition coefficient (Wildman–Crippen LogP) is 3.12. The number of allylic oxidation sites excluding steroid dienone is 2. The van der Waals surface area contributed by atoms with Gasteiger partial charge in [-0.1, -0.05) is 49.4 Å². The van der Waals surface area contributed by atoms with Crippen molar-refractivity contribution in [1.82, 2.24) is 9.80 Å². The molecule has 1 aromatic carbocycles. The minimum absolute atomic E-state index is 0.0193. The van der Waals surface area contributed by atoms with Gasteiger partial charge >= 0.3 is 0 Å². The molecule has 6 heteroatoms. The second-order valence-electron chi connectivity index (χ2n) is 7.89. The van der Waals surface area contributed by atoms with E-state index in [1.165, 1.54) is 4.90 Å². The fourth-order valence-electron chi connectivity index (χ4n) is 4.24. The first-order valence-corrected chi connectivity index (χ1v) is 10.1. The first kappa shape index (κ1) is 20.8. The van der Waals surface area contributed by atoms with Crippen LogP contribution in [0.3, 0.4) is 0 Å². The van der Waals surface area contributed by atoms with Gasteiger partial charge in [-0.3, -0.25) is 14.5 Å². The highest BCUT2D eigenvalue weighted by Gasteiger charge is 2.50. The normalized spacial score (nSPS) is 24.9. The highest BCUT2D eigenvalue weighted by atomic mass is 16.2. The molecule has 0 bridgehead atoms. The summed E-state index contributed by atoms with van der Waals surface area (Å²) < 4.78 is 0. The Balaban J connectivity index is 2.15. The van der Waals surface area contributed by atoms with Gasteiger partial charge in [0, 0.05) is 20.5 Å². The van der Waals surface area contributed by atoms with Gasteiger partial charge in [0.25, 0.3) is 5.91 Å². The summed E-state index contributed by atoms with van der Waals surface area (Å²) >= 11 is 0. The van der Waals surface area contributed by atoms with E-state index in [2.05, 4.69) is 24.1 Å². The third kappa shape index (κ3) is 3.48. The lowest BCUT2D eigenvalue weighted by Gasteiger charge is -2.31. The van der Waals surface area contributed by atoms with Gasteiger partial charge < -0.3 is 10.6 Å². The molecule has 2 N–H and O–H groups in total. The zero-order valence-electron chi connectivity index (χ0n) is 17.8. The molecule has 0 radical (unpaired) electrons. The molecule has 0 aromatic heterocycles. The molecule has 1 aliphatic carbocycles. The summed E-state index contributed by atoms with van der Waals surface area (Å²) in [5.74, 6) is 0.381. The second kappa shape index (κ2) is 7.85. The maximum Gasteiger partial charge on any atom is 0.266 e. The van der Waals surface area contributed by atoms with Crippen LogP contribution in [0.2, 0.25) is 0 Å². The number of rotatable bonds is 5. The number of benzene rings is 1. The predicted molar refractivity (Wildman–Crippen MR) is 115 cm³/mol. The molecule has 0 fully saturated rings. The van der Waals surface area contributed by atoms with E-state index in [0.717, 1.165) is 23.1 Å². The van der Waals surface area contributed by atoms with E-state index in [1.54, 1.807) is 18.9 Å². The van der Waals surface area contributed by atoms with Crippen LogP contribution < -0.4 is 5.73 Å². The average Bonchev–Trinajstić information content (AvgIpc) is 2.93. The molecular formula is C23H30N4O2. The summed E-state index contributed by atoms with van der Waals surface area (Å²) in [4.78, 5) is 33.3. The first-order valence-electron chi connectivity index (χ1n) is 10.1. The van der Waals surface area contributed by atoms with Gasteiger partial charge in [-0.25, -0.2) is 4.99 Å². The van der Waals surface area contributed by atoms with Crippen molar-refractivity contribution in [3.63, 3.8) is 0 Å². The molecule has 29 heavy (non-hydrogen) atoms. The third-order valence-electron chi connectivity index (χ3n) is 5.93. The zero-order valence-corrected chi connectivity index (χ0v) is 17.8. The number of carbonyl (C=O) groups is 2. The summed E-state index contributed by atoms with van der Waals surface area (Å²) in [6, 6.07) is 7.70. The Kier molecular flexibility index (Phi) is 5.64. The second-order valence-corrected chi connectivity index (χ2v) is 7.89. The van der Waals surface area contributed by atoms with Crippen molar-refractivity contribution in [2.75, 3.05) is 13.6 Å². The molecule has 0 spiro atoms. The smallest absolute Gasteiger partial charge is 0.266 e. The molecule has 2 aliphatic rings. The number of guanidine groups is 1. The van der Waals surface area contributed by atoms with Crippen LogP contribution in [0, 0.1) is 5.92 Å². The van der Waals surface area contributed by atoms with Crippen molar-refractivity contribution in [2.24, 2.45) is 16.6 Å². The number of likely N-dealkylation sites (N-methyl/N-ethyl adjacent to an activating group) is 1. The van der Waals surface area contributed by atoms with E-state index >= 15 is 0 Å². The number of hydrogen-bond donors (Lipinski definition) is 1. The molecule has 3 atom stereocenters. The topological polar surface area (TPSA) is 79.0 Å². The Bertz CT molecular complexity index is 917. The van der Waals surface area contributed by atoms with Crippen molar-refractivity contribution in [3.05, 3.63) is 59.2 Å². The maximum absolute atomic E-state index is 13.4. The number of nitrogens with zero attached hydrogens (tertiary/aromatic N) is 3. The van der Waals surface area contributed by atoms with Crippen LogP contribution >= 0.6 is 0 Å². The molecule has 1 aromatic rings. The highest BCUT2D eigenvalue weighted by molar-refractivity contribution is 6.09. The van der Waals surface area contributed by atoms with E-state index in [-0.39, 0.29) is 23.8 Å². The number of carbonyl (C=O) groups excluding carboxylic acids is 2. The molecule has 154 valence electrons. The van der Waals surface area contributed by atoms with E-state index < -0.39 is 5.54 Å². The van der Waals surface area contributed by atoms with Crippen LogP contribution in [0.15, 0.2) is 53.1 Å². The van der Waals surface area contributed by atoms with Gasteiger partial charge in [-0.15, -0.1) is 0 Å². The molecule has 3 unspecified atom stereocenters. The summed E-state index contributed by atoms with van der Waals surface area (Å²) in [7, 11) is 1.65. The Morgan fingerprint density at radius 1 is 1.45 bits per heavy atom. The summed E-state index contributed by atoms with van der Waals surface area (Å²) in [5.41, 5.74) is 7.47. The zero-order chi connectivity index (χ0) is 21.3. The van der Waals surface area contributed by atoms with Gasteiger partial charge in [0.1, 0.15) is 0 Å². The third-order valence-corrected chi connectivity index (χ3v) is 5.93. The summed E-state index contributed by atoms with van der Waals surface area (Å²) in [5, 5.41) is 0. The average molecular weight is 395 g/mol. The quantitative estimate of drug-likeness (QED) is 0.833. The van der Waals surface area contributed by atoms with E-state index in [9.17, 15) is 9.59 Å². The van der Waals surface area contributed by atoms with Crippen molar-refractivity contribution >= 4 is 17.8 Å². The van der Waals surface area contributed by atoms with E-state index in [4.69, 9.17) is 5.73 Å². The summed E-state index contributed by atoms with van der Waals surface area (Å²) in [6.45, 7) is 8.27. The van der Waals surface area contributed by atoms with E-state index in [1.807, 2.05) is 44.2 Å². The van der Waals surface area contributed by atoms with Crippen molar-refractivity contribution in [3.8, 4) is 0 Å². The van der Waals surface area contributed by atoms with Crippen LogP contribution in [0.4, 0.5) is 0 Å². The molecule has 2 amide bonds. The fourth-order valence-corrected chi connectivity index (χ4v) is 4.24. The van der Waals surface area contributed by atoms with Crippen LogP contribution in [0.25, 0.3) is 0 Å². The molecule has 1 heterocycles. The van der Waals surface area contributed by atoms with E-state index in [0.29, 0.717) is 12.5 Å². The van der Waals surface area contributed by atoms with Crippen LogP contribution in [-0.2, 0) is 15.1 Å². The van der Waals surface area contributed by atoms with Crippen LogP contribution in [0.1, 0.15) is 51.3 Å². The minimum atomic E-state index is -1.19.